The summed E-state index contributed by atoms with van der Waals surface area (Å²) < 4.78 is 1.50. The van der Waals surface area contributed by atoms with E-state index in [4.69, 9.17) is 0 Å². The largest absolute Gasteiger partial charge is 1.00 e. The maximum Gasteiger partial charge on any atom is -1.00 e. The predicted molar refractivity (Wildman–Crippen MR) is 77.0 cm³/mol. The summed E-state index contributed by atoms with van der Waals surface area (Å²) in [6.07, 6.45) is 1.59. The van der Waals surface area contributed by atoms with Crippen LogP contribution in [0.4, 0.5) is 0 Å². The number of rotatable bonds is 4. The molecule has 1 aromatic carbocycles. The molecule has 0 amide bonds. The molecule has 0 aliphatic carbocycles. The minimum Gasteiger partial charge on any atom is -1.00 e. The van der Waals surface area contributed by atoms with Crippen molar-refractivity contribution in [3.05, 3.63) is 29.5 Å². The van der Waals surface area contributed by atoms with Crippen LogP contribution in [-0.2, 0) is 23.2 Å². The summed E-state index contributed by atoms with van der Waals surface area (Å²) in [4.78, 5) is 0. The summed E-state index contributed by atoms with van der Waals surface area (Å²) in [5.41, 5.74) is 1.77. The first kappa shape index (κ1) is 22.3. The topological polar surface area (TPSA) is 79.1 Å². The zero-order valence-corrected chi connectivity index (χ0v) is 17.3. The van der Waals surface area contributed by atoms with Crippen LogP contribution in [0.3, 0.4) is 0 Å². The van der Waals surface area contributed by atoms with Crippen molar-refractivity contribution < 1.29 is 58.3 Å². The van der Waals surface area contributed by atoms with Crippen molar-refractivity contribution in [2.75, 3.05) is 0 Å². The average molecular weight is 435 g/mol. The molecule has 0 spiro atoms. The van der Waals surface area contributed by atoms with Gasteiger partial charge in [0, 0.05) is 0 Å². The Morgan fingerprint density at radius 2 is 1.48 bits per heavy atom. The number of phenolic OH excluding ortho intramolecular Hbond substituents is 2. The van der Waals surface area contributed by atoms with E-state index < -0.39 is 23.2 Å². The molecule has 124 valence electrons. The molecule has 0 aliphatic rings. The van der Waals surface area contributed by atoms with Gasteiger partial charge in [0.2, 0.25) is 0 Å². The summed E-state index contributed by atoms with van der Waals surface area (Å²) >= 11 is -1.43. The van der Waals surface area contributed by atoms with Gasteiger partial charge in [-0.05, 0) is 0 Å². The number of phenols is 2. The number of halogens is 2. The Labute approximate surface area is 160 Å². The zero-order chi connectivity index (χ0) is 15.6. The molecule has 5 nitrogen and oxygen atoms in total. The molecule has 0 radical (unpaired) electrons. The average Bonchev–Trinajstić information content (AvgIpc) is 2.44. The van der Waals surface area contributed by atoms with Crippen LogP contribution in [-0.4, -0.2) is 25.6 Å². The molecular weight excluding hydrogens is 416 g/mol. The van der Waals surface area contributed by atoms with Crippen molar-refractivity contribution >= 4 is 6.67 Å². The molecule has 0 saturated carbocycles. The quantitative estimate of drug-likeness (QED) is 0.507. The molecule has 0 unspecified atom stereocenters. The molecular formula is C15H19Cl2N3O2Zr. The van der Waals surface area contributed by atoms with E-state index in [1.807, 2.05) is 33.8 Å². The van der Waals surface area contributed by atoms with Crippen LogP contribution >= 0.6 is 0 Å². The van der Waals surface area contributed by atoms with Crippen LogP contribution in [0.25, 0.3) is 0 Å². The van der Waals surface area contributed by atoms with Gasteiger partial charge in [0.05, 0.1) is 0 Å². The second kappa shape index (κ2) is 9.56. The number of hydrogen-bond donors (Lipinski definition) is 2. The zero-order valence-electron chi connectivity index (χ0n) is 13.4. The minimum atomic E-state index is -1.43. The number of benzene rings is 1. The van der Waals surface area contributed by atoms with Gasteiger partial charge in [-0.2, -0.15) is 0 Å². The Bertz CT molecular complexity index is 608. The van der Waals surface area contributed by atoms with Gasteiger partial charge in [-0.3, -0.25) is 0 Å². The van der Waals surface area contributed by atoms with Gasteiger partial charge in [0.15, 0.2) is 0 Å². The summed E-state index contributed by atoms with van der Waals surface area (Å²) in [5, 5.41) is 32.3. The number of hydrogen-bond acceptors (Lipinski definition) is 5. The monoisotopic (exact) mass is 433 g/mol. The summed E-state index contributed by atoms with van der Waals surface area (Å²) in [7, 11) is 0. The Hall–Kier alpha value is -0.707. The Morgan fingerprint density at radius 3 is 1.87 bits per heavy atom. The van der Waals surface area contributed by atoms with E-state index in [2.05, 4.69) is 15.4 Å². The molecule has 0 atom stereocenters. The SMILES string of the molecule is CC(C)c1cc(C(C)C)c(O)[c]([Zr+2][c]2ccnnn2)c1O.[Cl-].[Cl-]. The molecule has 0 fully saturated rings. The maximum atomic E-state index is 10.5. The minimum absolute atomic E-state index is 0. The van der Waals surface area contributed by atoms with Crippen LogP contribution in [0, 0.1) is 0 Å². The van der Waals surface area contributed by atoms with E-state index in [1.54, 1.807) is 12.3 Å². The van der Waals surface area contributed by atoms with Crippen molar-refractivity contribution in [3.8, 4) is 11.5 Å². The smallest absolute Gasteiger partial charge is 1.00 e. The van der Waals surface area contributed by atoms with Gasteiger partial charge in [-0.25, -0.2) is 0 Å². The molecule has 1 aromatic heterocycles. The molecule has 2 aromatic rings. The normalized spacial score (nSPS) is 10.0. The summed E-state index contributed by atoms with van der Waals surface area (Å²) in [6, 6.07) is 3.72. The third-order valence-electron chi connectivity index (χ3n) is 3.33. The van der Waals surface area contributed by atoms with Crippen molar-refractivity contribution in [1.82, 2.24) is 15.4 Å². The van der Waals surface area contributed by atoms with Gasteiger partial charge in [-0.15, -0.1) is 0 Å². The van der Waals surface area contributed by atoms with Crippen LogP contribution in [0.5, 0.6) is 11.5 Å². The Morgan fingerprint density at radius 1 is 0.957 bits per heavy atom. The molecule has 1 heterocycles. The second-order valence-corrected chi connectivity index (χ2v) is 8.67. The predicted octanol–water partition coefficient (Wildman–Crippen LogP) is -4.43. The first-order chi connectivity index (χ1) is 9.91. The molecule has 0 bridgehead atoms. The van der Waals surface area contributed by atoms with Crippen molar-refractivity contribution in [3.63, 3.8) is 0 Å². The van der Waals surface area contributed by atoms with E-state index in [0.717, 1.165) is 14.5 Å². The van der Waals surface area contributed by atoms with Crippen LogP contribution in [0.2, 0.25) is 0 Å². The first-order valence-electron chi connectivity index (χ1n) is 6.92. The number of aromatic hydroxyl groups is 2. The summed E-state index contributed by atoms with van der Waals surface area (Å²) in [5.74, 6) is 0.837. The van der Waals surface area contributed by atoms with Gasteiger partial charge in [-0.1, -0.05) is 0 Å². The Balaban J connectivity index is 0.00000242. The van der Waals surface area contributed by atoms with Crippen LogP contribution in [0.15, 0.2) is 18.3 Å². The molecule has 0 aliphatic heterocycles. The fourth-order valence-electron chi connectivity index (χ4n) is 2.14. The standard InChI is InChI=1S/C12H17O2.C3H2N3.2ClH.Zr/c1-7(2)9-5-10(8(3)4)12(14)6-11(9)13;1-2-4-6-5-3-1;;;/h5,7-8,13-14H,1-4H3;1-2H;2*1H;/q;;;;+2/p-2. The van der Waals surface area contributed by atoms with Gasteiger partial charge in [0.1, 0.15) is 0 Å². The van der Waals surface area contributed by atoms with Gasteiger partial charge < -0.3 is 24.8 Å². The van der Waals surface area contributed by atoms with Crippen molar-refractivity contribution in [2.24, 2.45) is 0 Å². The first-order valence-corrected chi connectivity index (χ1v) is 9.37. The molecule has 0 saturated heterocycles. The van der Waals surface area contributed by atoms with E-state index >= 15 is 0 Å². The molecule has 8 heteroatoms. The number of aromatic nitrogens is 3. The second-order valence-electron chi connectivity index (χ2n) is 5.57. The maximum absolute atomic E-state index is 10.5. The third-order valence-corrected chi connectivity index (χ3v) is 6.40. The van der Waals surface area contributed by atoms with Crippen LogP contribution < -0.4 is 31.5 Å². The van der Waals surface area contributed by atoms with Crippen LogP contribution in [0.1, 0.15) is 50.7 Å². The van der Waals surface area contributed by atoms with Crippen molar-refractivity contribution in [2.45, 2.75) is 39.5 Å². The molecule has 2 rings (SSSR count). The summed E-state index contributed by atoms with van der Waals surface area (Å²) in [6.45, 7) is 8.16. The number of nitrogens with zero attached hydrogens (tertiary/aromatic N) is 3. The molecule has 23 heavy (non-hydrogen) atoms. The fraction of sp³-hybridized carbons (Fsp3) is 0.400. The van der Waals surface area contributed by atoms with Gasteiger partial charge in [0.25, 0.3) is 0 Å². The van der Waals surface area contributed by atoms with E-state index in [-0.39, 0.29) is 48.1 Å². The van der Waals surface area contributed by atoms with Crippen molar-refractivity contribution in [1.29, 1.82) is 0 Å². The molecule has 2 N–H and O–H groups in total. The van der Waals surface area contributed by atoms with E-state index in [1.165, 1.54) is 0 Å². The van der Waals surface area contributed by atoms with Gasteiger partial charge >= 0.3 is 136 Å². The fourth-order valence-corrected chi connectivity index (χ4v) is 4.68. The third kappa shape index (κ3) is 5.13. The van der Waals surface area contributed by atoms with E-state index in [9.17, 15) is 10.2 Å². The van der Waals surface area contributed by atoms with E-state index in [0.29, 0.717) is 3.27 Å². The Kier molecular flexibility index (Phi) is 9.26.